The van der Waals surface area contributed by atoms with Gasteiger partial charge in [0.15, 0.2) is 0 Å². The minimum atomic E-state index is -3.33. The summed E-state index contributed by atoms with van der Waals surface area (Å²) >= 11 is 5.63. The fraction of sp³-hybridized carbons (Fsp3) is 0.500. The summed E-state index contributed by atoms with van der Waals surface area (Å²) < 4.78 is 23.0. The molecular weight excluding hydrogens is 313 g/mol. The summed E-state index contributed by atoms with van der Waals surface area (Å²) in [6.45, 7) is 4.29. The number of carbonyl (C=O) groups excluding carboxylic acids is 1. The molecule has 0 aromatic heterocycles. The third-order valence-electron chi connectivity index (χ3n) is 2.68. The number of alkyl halides is 1. The lowest BCUT2D eigenvalue weighted by molar-refractivity contribution is -0.128. The Morgan fingerprint density at radius 3 is 2.24 bits per heavy atom. The number of hydrogen-bond acceptors (Lipinski definition) is 4. The molecule has 0 unspecified atom stereocenters. The standard InChI is InChI=1S/C14H21ClNO4P/c1-3-19-21(18,20-4-2)12-16(14(17)10-15)11-13-8-6-5-7-9-13/h5-9H,3-4,10-12H2,1-2H3. The molecule has 0 heterocycles. The van der Waals surface area contributed by atoms with Gasteiger partial charge in [-0.25, -0.2) is 0 Å². The lowest BCUT2D eigenvalue weighted by atomic mass is 10.2. The van der Waals surface area contributed by atoms with E-state index in [1.54, 1.807) is 13.8 Å². The van der Waals surface area contributed by atoms with Crippen LogP contribution in [-0.2, 0) is 25.0 Å². The average Bonchev–Trinajstić information content (AvgIpc) is 2.47. The van der Waals surface area contributed by atoms with Crippen molar-refractivity contribution >= 4 is 25.1 Å². The van der Waals surface area contributed by atoms with E-state index in [1.165, 1.54) is 4.90 Å². The van der Waals surface area contributed by atoms with Crippen molar-refractivity contribution in [1.82, 2.24) is 4.90 Å². The number of benzene rings is 1. The predicted octanol–water partition coefficient (Wildman–Crippen LogP) is 3.48. The van der Waals surface area contributed by atoms with Gasteiger partial charge in [0.25, 0.3) is 0 Å². The highest BCUT2D eigenvalue weighted by molar-refractivity contribution is 7.53. The van der Waals surface area contributed by atoms with Gasteiger partial charge in [0.2, 0.25) is 5.91 Å². The Balaban J connectivity index is 2.87. The van der Waals surface area contributed by atoms with E-state index in [0.29, 0.717) is 6.54 Å². The molecule has 0 fully saturated rings. The van der Waals surface area contributed by atoms with Crippen LogP contribution in [0, 0.1) is 0 Å². The lowest BCUT2D eigenvalue weighted by Gasteiger charge is -2.26. The predicted molar refractivity (Wildman–Crippen MR) is 83.4 cm³/mol. The Kier molecular flexibility index (Phi) is 7.97. The summed E-state index contributed by atoms with van der Waals surface area (Å²) in [7, 11) is -3.33. The lowest BCUT2D eigenvalue weighted by Crippen LogP contribution is -2.33. The molecule has 0 aliphatic carbocycles. The van der Waals surface area contributed by atoms with Gasteiger partial charge in [-0.2, -0.15) is 0 Å². The molecule has 0 saturated carbocycles. The summed E-state index contributed by atoms with van der Waals surface area (Å²) in [5, 5.41) is 0. The first-order valence-corrected chi connectivity index (χ1v) is 9.06. The summed E-state index contributed by atoms with van der Waals surface area (Å²) in [5.41, 5.74) is 0.926. The van der Waals surface area contributed by atoms with Gasteiger partial charge in [-0.3, -0.25) is 9.36 Å². The van der Waals surface area contributed by atoms with Gasteiger partial charge >= 0.3 is 7.60 Å². The maximum Gasteiger partial charge on any atom is 0.349 e. The molecule has 0 spiro atoms. The van der Waals surface area contributed by atoms with Crippen molar-refractivity contribution in [2.45, 2.75) is 20.4 Å². The van der Waals surface area contributed by atoms with Crippen LogP contribution in [0.5, 0.6) is 0 Å². The number of amides is 1. The number of carbonyl (C=O) groups is 1. The van der Waals surface area contributed by atoms with E-state index in [-0.39, 0.29) is 31.3 Å². The van der Waals surface area contributed by atoms with Gasteiger partial charge in [-0.05, 0) is 19.4 Å². The first-order chi connectivity index (χ1) is 10.0. The van der Waals surface area contributed by atoms with E-state index in [2.05, 4.69) is 0 Å². The van der Waals surface area contributed by atoms with Crippen LogP contribution < -0.4 is 0 Å². The molecule has 1 rings (SSSR count). The van der Waals surface area contributed by atoms with E-state index in [1.807, 2.05) is 30.3 Å². The molecule has 0 radical (unpaired) electrons. The maximum atomic E-state index is 12.6. The van der Waals surface area contributed by atoms with E-state index < -0.39 is 7.60 Å². The van der Waals surface area contributed by atoms with Crippen molar-refractivity contribution in [2.24, 2.45) is 0 Å². The van der Waals surface area contributed by atoms with Crippen LogP contribution >= 0.6 is 19.2 Å². The smallest absolute Gasteiger partial charge is 0.325 e. The van der Waals surface area contributed by atoms with Crippen LogP contribution in [0.3, 0.4) is 0 Å². The zero-order valence-corrected chi connectivity index (χ0v) is 14.0. The monoisotopic (exact) mass is 333 g/mol. The molecule has 1 aromatic rings. The largest absolute Gasteiger partial charge is 0.349 e. The molecule has 0 atom stereocenters. The molecule has 5 nitrogen and oxygen atoms in total. The van der Waals surface area contributed by atoms with Crippen molar-refractivity contribution in [2.75, 3.05) is 25.4 Å². The van der Waals surface area contributed by atoms with Crippen molar-refractivity contribution < 1.29 is 18.4 Å². The van der Waals surface area contributed by atoms with E-state index >= 15 is 0 Å². The molecular formula is C14H21ClNO4P. The van der Waals surface area contributed by atoms with Gasteiger partial charge in [0.1, 0.15) is 12.2 Å². The third kappa shape index (κ3) is 6.18. The molecule has 7 heteroatoms. The maximum absolute atomic E-state index is 12.6. The Bertz CT molecular complexity index is 473. The van der Waals surface area contributed by atoms with Crippen molar-refractivity contribution in [1.29, 1.82) is 0 Å². The van der Waals surface area contributed by atoms with Crippen LogP contribution in [0.4, 0.5) is 0 Å². The summed E-state index contributed by atoms with van der Waals surface area (Å²) in [4.78, 5) is 13.4. The van der Waals surface area contributed by atoms with Crippen molar-refractivity contribution in [3.05, 3.63) is 35.9 Å². The van der Waals surface area contributed by atoms with Crippen LogP contribution in [0.1, 0.15) is 19.4 Å². The Hall–Kier alpha value is -0.870. The zero-order chi connectivity index (χ0) is 15.7. The Morgan fingerprint density at radius 2 is 1.76 bits per heavy atom. The number of halogens is 1. The average molecular weight is 334 g/mol. The minimum absolute atomic E-state index is 0.102. The topological polar surface area (TPSA) is 55.8 Å². The third-order valence-corrected chi connectivity index (χ3v) is 4.90. The number of nitrogens with zero attached hydrogens (tertiary/aromatic N) is 1. The highest BCUT2D eigenvalue weighted by Crippen LogP contribution is 2.48. The van der Waals surface area contributed by atoms with Gasteiger partial charge in [0, 0.05) is 6.54 Å². The second-order valence-electron chi connectivity index (χ2n) is 4.30. The summed E-state index contributed by atoms with van der Waals surface area (Å²) in [6, 6.07) is 9.43. The first kappa shape index (κ1) is 18.2. The molecule has 21 heavy (non-hydrogen) atoms. The highest BCUT2D eigenvalue weighted by Gasteiger charge is 2.29. The minimum Gasteiger partial charge on any atom is -0.325 e. The van der Waals surface area contributed by atoms with E-state index in [0.717, 1.165) is 5.56 Å². The van der Waals surface area contributed by atoms with Gasteiger partial charge in [-0.1, -0.05) is 30.3 Å². The second kappa shape index (κ2) is 9.21. The van der Waals surface area contributed by atoms with Crippen LogP contribution in [0.25, 0.3) is 0 Å². The van der Waals surface area contributed by atoms with Crippen LogP contribution in [-0.4, -0.2) is 36.2 Å². The van der Waals surface area contributed by atoms with Crippen molar-refractivity contribution in [3.8, 4) is 0 Å². The second-order valence-corrected chi connectivity index (χ2v) is 6.59. The normalized spacial score (nSPS) is 11.4. The zero-order valence-electron chi connectivity index (χ0n) is 12.3. The number of rotatable bonds is 9. The van der Waals surface area contributed by atoms with Gasteiger partial charge in [0.05, 0.1) is 13.2 Å². The molecule has 0 aliphatic rings. The van der Waals surface area contributed by atoms with Crippen LogP contribution in [0.2, 0.25) is 0 Å². The number of hydrogen-bond donors (Lipinski definition) is 0. The van der Waals surface area contributed by atoms with Crippen LogP contribution in [0.15, 0.2) is 30.3 Å². The first-order valence-electron chi connectivity index (χ1n) is 6.80. The summed E-state index contributed by atoms with van der Waals surface area (Å²) in [6.07, 6.45) is -0.102. The molecule has 1 amide bonds. The fourth-order valence-electron chi connectivity index (χ4n) is 1.83. The van der Waals surface area contributed by atoms with Crippen molar-refractivity contribution in [3.63, 3.8) is 0 Å². The Morgan fingerprint density at radius 1 is 1.19 bits per heavy atom. The highest BCUT2D eigenvalue weighted by atomic mass is 35.5. The molecule has 0 saturated heterocycles. The van der Waals surface area contributed by atoms with E-state index in [9.17, 15) is 9.36 Å². The molecule has 118 valence electrons. The van der Waals surface area contributed by atoms with Gasteiger partial charge < -0.3 is 13.9 Å². The quantitative estimate of drug-likeness (QED) is 0.513. The summed E-state index contributed by atoms with van der Waals surface area (Å²) in [5.74, 6) is -0.481. The molecule has 1 aromatic carbocycles. The Labute approximate surface area is 130 Å². The molecule has 0 N–H and O–H groups in total. The van der Waals surface area contributed by atoms with Gasteiger partial charge in [-0.15, -0.1) is 11.6 Å². The SMILES string of the molecule is CCOP(=O)(CN(Cc1ccccc1)C(=O)CCl)OCC. The van der Waals surface area contributed by atoms with E-state index in [4.69, 9.17) is 20.6 Å². The fourth-order valence-corrected chi connectivity index (χ4v) is 3.70. The molecule has 0 bridgehead atoms. The molecule has 0 aliphatic heterocycles.